The largest absolute Gasteiger partial charge is 0.507 e. The Morgan fingerprint density at radius 2 is 1.97 bits per heavy atom. The van der Waals surface area contributed by atoms with Crippen LogP contribution in [0.4, 0.5) is 0 Å². The molecule has 1 aliphatic heterocycles. The Morgan fingerprint density at radius 1 is 1.27 bits per heavy atom. The van der Waals surface area contributed by atoms with E-state index in [9.17, 15) is 23.7 Å². The maximum Gasteiger partial charge on any atom is 0.163 e. The van der Waals surface area contributed by atoms with Crippen molar-refractivity contribution in [3.05, 3.63) is 70.1 Å². The topological polar surface area (TPSA) is 117 Å². The molecule has 0 bridgehead atoms. The molecule has 1 aromatic heterocycles. The molecule has 0 amide bonds. The molecule has 33 heavy (non-hydrogen) atoms. The molecule has 0 saturated carbocycles. The van der Waals surface area contributed by atoms with Gasteiger partial charge in [0.05, 0.1) is 30.8 Å². The Labute approximate surface area is 195 Å². The van der Waals surface area contributed by atoms with E-state index in [0.29, 0.717) is 17.6 Å². The lowest BCUT2D eigenvalue weighted by molar-refractivity contribution is 0.184. The number of rotatable bonds is 9. The van der Waals surface area contributed by atoms with Crippen LogP contribution in [0.25, 0.3) is 11.6 Å². The van der Waals surface area contributed by atoms with Crippen molar-refractivity contribution in [1.29, 1.82) is 0 Å². The van der Waals surface area contributed by atoms with Crippen LogP contribution in [0.3, 0.4) is 0 Å². The molecule has 2 atom stereocenters. The number of ether oxygens (including phenoxy) is 1. The number of pyridine rings is 1. The summed E-state index contributed by atoms with van der Waals surface area (Å²) in [4.78, 5) is 4.44. The van der Waals surface area contributed by atoms with Crippen molar-refractivity contribution in [3.8, 4) is 5.75 Å². The van der Waals surface area contributed by atoms with Gasteiger partial charge in [-0.1, -0.05) is 6.07 Å². The van der Waals surface area contributed by atoms with Gasteiger partial charge in [0.15, 0.2) is 9.84 Å². The van der Waals surface area contributed by atoms with Gasteiger partial charge in [0.2, 0.25) is 0 Å². The molecule has 2 aromatic rings. The smallest absolute Gasteiger partial charge is 0.163 e. The Hall–Kier alpha value is -2.52. The highest BCUT2D eigenvalue weighted by molar-refractivity contribution is 7.92. The van der Waals surface area contributed by atoms with Gasteiger partial charge in [-0.05, 0) is 90.4 Å². The van der Waals surface area contributed by atoms with Crippen LogP contribution in [0.1, 0.15) is 35.2 Å². The molecule has 1 aromatic carbocycles. The van der Waals surface area contributed by atoms with Crippen LogP contribution in [0.2, 0.25) is 0 Å². The van der Waals surface area contributed by atoms with Crippen LogP contribution in [0, 0.1) is 13.8 Å². The molecule has 7 nitrogen and oxygen atoms in total. The van der Waals surface area contributed by atoms with Crippen molar-refractivity contribution in [1.82, 2.24) is 4.98 Å². The number of methoxy groups -OCH3 is 1. The number of aliphatic hydroxyl groups excluding tert-OH is 2. The third-order valence-corrected chi connectivity index (χ3v) is 7.96. The van der Waals surface area contributed by atoms with Gasteiger partial charge in [-0.25, -0.2) is 8.42 Å². The second-order valence-corrected chi connectivity index (χ2v) is 10.6. The number of phenolic OH excluding ortho intramolecular Hbond substituents is 1. The van der Waals surface area contributed by atoms with Crippen LogP contribution < -0.4 is 0 Å². The summed E-state index contributed by atoms with van der Waals surface area (Å²) in [6, 6.07) is 9.34. The van der Waals surface area contributed by atoms with Crippen molar-refractivity contribution in [2.45, 2.75) is 38.0 Å². The monoisotopic (exact) mass is 473 g/mol. The minimum atomic E-state index is -3.57. The zero-order valence-electron chi connectivity index (χ0n) is 19.2. The van der Waals surface area contributed by atoms with Gasteiger partial charge in [-0.2, -0.15) is 0 Å². The van der Waals surface area contributed by atoms with Crippen molar-refractivity contribution < 1.29 is 28.5 Å². The van der Waals surface area contributed by atoms with Crippen LogP contribution in [-0.4, -0.2) is 66.2 Å². The lowest BCUT2D eigenvalue weighted by atomic mass is 9.93. The Bertz CT molecular complexity index is 1130. The van der Waals surface area contributed by atoms with Gasteiger partial charge in [-0.3, -0.25) is 4.98 Å². The molecule has 0 radical (unpaired) electrons. The number of aromatic nitrogens is 1. The number of phenols is 1. The van der Waals surface area contributed by atoms with Gasteiger partial charge in [0, 0.05) is 13.3 Å². The molecule has 0 aliphatic carbocycles. The third kappa shape index (κ3) is 5.70. The number of hydrogen-bond acceptors (Lipinski definition) is 7. The second kappa shape index (κ2) is 10.6. The summed E-state index contributed by atoms with van der Waals surface area (Å²) in [6.07, 6.45) is 3.30. The third-order valence-electron chi connectivity index (χ3n) is 5.94. The molecule has 8 heteroatoms. The Balaban J connectivity index is 1.92. The molecule has 0 unspecified atom stereocenters. The van der Waals surface area contributed by atoms with E-state index < -0.39 is 27.8 Å². The molecular weight excluding hydrogens is 442 g/mol. The number of aryl methyl sites for hydroxylation is 2. The fourth-order valence-corrected chi connectivity index (χ4v) is 6.23. The quantitative estimate of drug-likeness (QED) is 0.480. The molecule has 2 heterocycles. The van der Waals surface area contributed by atoms with Crippen LogP contribution >= 0.6 is 0 Å². The van der Waals surface area contributed by atoms with Gasteiger partial charge in [0.1, 0.15) is 11.0 Å². The first-order valence-electron chi connectivity index (χ1n) is 10.8. The van der Waals surface area contributed by atoms with Gasteiger partial charge in [-0.15, -0.1) is 0 Å². The summed E-state index contributed by atoms with van der Waals surface area (Å²) in [5, 5.41) is 29.7. The zero-order valence-corrected chi connectivity index (χ0v) is 20.0. The molecule has 0 fully saturated rings. The Kier molecular flexibility index (Phi) is 8.07. The predicted molar refractivity (Wildman–Crippen MR) is 128 cm³/mol. The van der Waals surface area contributed by atoms with E-state index in [1.54, 1.807) is 6.20 Å². The van der Waals surface area contributed by atoms with Crippen LogP contribution in [-0.2, 0) is 14.6 Å². The lowest BCUT2D eigenvalue weighted by Crippen LogP contribution is -2.29. The van der Waals surface area contributed by atoms with E-state index in [1.807, 2.05) is 50.3 Å². The van der Waals surface area contributed by atoms with Gasteiger partial charge in [0.25, 0.3) is 0 Å². The van der Waals surface area contributed by atoms with E-state index in [2.05, 4.69) is 4.98 Å². The highest BCUT2D eigenvalue weighted by Crippen LogP contribution is 2.33. The summed E-state index contributed by atoms with van der Waals surface area (Å²) in [7, 11) is -2.10. The average molecular weight is 474 g/mol. The summed E-state index contributed by atoms with van der Waals surface area (Å²) >= 11 is 0. The summed E-state index contributed by atoms with van der Waals surface area (Å²) in [5.41, 5.74) is 4.89. The second-order valence-electron chi connectivity index (χ2n) is 8.41. The van der Waals surface area contributed by atoms with E-state index in [-0.39, 0.29) is 24.5 Å². The normalized spacial score (nSPS) is 19.2. The first kappa shape index (κ1) is 25.1. The Morgan fingerprint density at radius 3 is 2.55 bits per heavy atom. The minimum Gasteiger partial charge on any atom is -0.507 e. The molecule has 0 saturated heterocycles. The van der Waals surface area contributed by atoms with Gasteiger partial charge < -0.3 is 20.1 Å². The average Bonchev–Trinajstić information content (AvgIpc) is 3.04. The zero-order chi connectivity index (χ0) is 24.2. The number of allylic oxidation sites excluding steroid dienone is 1. The van der Waals surface area contributed by atoms with Crippen molar-refractivity contribution in [3.63, 3.8) is 0 Å². The first-order chi connectivity index (χ1) is 15.7. The van der Waals surface area contributed by atoms with E-state index in [1.165, 1.54) is 7.11 Å². The number of benzene rings is 1. The number of hydrogen-bond donors (Lipinski definition) is 3. The predicted octanol–water partition coefficient (Wildman–Crippen LogP) is 2.82. The maximum atomic E-state index is 12.5. The van der Waals surface area contributed by atoms with Crippen LogP contribution in [0.15, 0.2) is 47.7 Å². The van der Waals surface area contributed by atoms with Gasteiger partial charge >= 0.3 is 0 Å². The maximum absolute atomic E-state index is 12.5. The van der Waals surface area contributed by atoms with E-state index in [0.717, 1.165) is 28.0 Å². The highest BCUT2D eigenvalue weighted by Gasteiger charge is 2.41. The molecule has 178 valence electrons. The SMILES string of the molecule is COCC1=C([C@H](O)CC/C(=C/c2cc(C)c(O)c(C)c2)c2ccccn2)[C@H](CO)S(=O)(=O)C1. The number of nitrogens with zero attached hydrogens (tertiary/aromatic N) is 1. The highest BCUT2D eigenvalue weighted by atomic mass is 32.2. The summed E-state index contributed by atoms with van der Waals surface area (Å²) in [5.74, 6) is 0.0463. The summed E-state index contributed by atoms with van der Waals surface area (Å²) < 4.78 is 30.1. The molecule has 1 aliphatic rings. The van der Waals surface area contributed by atoms with Crippen molar-refractivity contribution in [2.24, 2.45) is 0 Å². The lowest BCUT2D eigenvalue weighted by Gasteiger charge is -2.20. The van der Waals surface area contributed by atoms with E-state index >= 15 is 0 Å². The number of sulfone groups is 1. The number of aromatic hydroxyl groups is 1. The standard InChI is InChI=1S/C25H31NO6S/c1-16-10-18(11-17(2)25(16)29)12-19(21-6-4-5-9-26-21)7-8-22(28)24-20(14-32-3)15-33(30,31)23(24)13-27/h4-6,9-12,22-23,27-29H,7-8,13-15H2,1-3H3/b19-12-/t22-,23+/m1/s1. The van der Waals surface area contributed by atoms with Crippen molar-refractivity contribution in [2.75, 3.05) is 26.1 Å². The molecule has 3 N–H and O–H groups in total. The fraction of sp³-hybridized carbons (Fsp3) is 0.400. The minimum absolute atomic E-state index is 0.0944. The first-order valence-corrected chi connectivity index (χ1v) is 12.5. The van der Waals surface area contributed by atoms with Crippen LogP contribution in [0.5, 0.6) is 5.75 Å². The molecular formula is C25H31NO6S. The summed E-state index contributed by atoms with van der Waals surface area (Å²) in [6.45, 7) is 3.19. The molecule has 0 spiro atoms. The number of aliphatic hydroxyl groups is 2. The molecule has 3 rings (SSSR count). The fourth-order valence-electron chi connectivity index (χ4n) is 4.36. The van der Waals surface area contributed by atoms with Crippen molar-refractivity contribution >= 4 is 21.5 Å². The van der Waals surface area contributed by atoms with E-state index in [4.69, 9.17) is 4.74 Å².